The number of phenols is 1. The number of hydrogen-bond donors (Lipinski definition) is 4. The molecular formula is C23H31ClN6O2. The Hall–Kier alpha value is -2.58. The lowest BCUT2D eigenvalue weighted by Gasteiger charge is -2.24. The van der Waals surface area contributed by atoms with Gasteiger partial charge in [-0.25, -0.2) is 4.98 Å². The smallest absolute Gasteiger partial charge is 0.227 e. The van der Waals surface area contributed by atoms with E-state index in [9.17, 15) is 10.2 Å². The van der Waals surface area contributed by atoms with Crippen LogP contribution in [0.1, 0.15) is 57.6 Å². The van der Waals surface area contributed by atoms with Gasteiger partial charge in [0.25, 0.3) is 0 Å². The molecule has 1 unspecified atom stereocenters. The molecule has 0 spiro atoms. The summed E-state index contributed by atoms with van der Waals surface area (Å²) >= 11 is 6.10. The zero-order valence-corrected chi connectivity index (χ0v) is 19.3. The molecule has 8 nitrogen and oxygen atoms in total. The van der Waals surface area contributed by atoms with E-state index in [2.05, 4.69) is 25.2 Å². The van der Waals surface area contributed by atoms with E-state index in [0.29, 0.717) is 40.5 Å². The van der Waals surface area contributed by atoms with Gasteiger partial charge in [0.15, 0.2) is 17.0 Å². The molecule has 1 aromatic carbocycles. The van der Waals surface area contributed by atoms with Crippen molar-refractivity contribution in [3.63, 3.8) is 0 Å². The summed E-state index contributed by atoms with van der Waals surface area (Å²) in [7, 11) is 0. The van der Waals surface area contributed by atoms with E-state index in [0.717, 1.165) is 18.5 Å². The van der Waals surface area contributed by atoms with Gasteiger partial charge in [0.1, 0.15) is 5.75 Å². The fourth-order valence-corrected chi connectivity index (χ4v) is 4.39. The number of aromatic nitrogens is 4. The number of nitrogens with one attached hydrogen (secondary N) is 2. The van der Waals surface area contributed by atoms with Gasteiger partial charge < -0.3 is 25.4 Å². The van der Waals surface area contributed by atoms with Gasteiger partial charge in [-0.3, -0.25) is 0 Å². The van der Waals surface area contributed by atoms with Crippen LogP contribution in [0, 0.1) is 5.92 Å². The molecule has 0 radical (unpaired) electrons. The first-order chi connectivity index (χ1) is 15.5. The van der Waals surface area contributed by atoms with Crippen molar-refractivity contribution in [1.82, 2.24) is 19.5 Å². The van der Waals surface area contributed by atoms with Gasteiger partial charge in [-0.05, 0) is 37.0 Å². The summed E-state index contributed by atoms with van der Waals surface area (Å²) in [5, 5.41) is 27.1. The highest BCUT2D eigenvalue weighted by Crippen LogP contribution is 2.32. The molecule has 1 fully saturated rings. The number of hydrogen-bond acceptors (Lipinski definition) is 7. The molecule has 1 atom stereocenters. The third-order valence-corrected chi connectivity index (χ3v) is 6.43. The lowest BCUT2D eigenvalue weighted by molar-refractivity contribution is 0.248. The SMILES string of the molecule is CC(C)C(CO)Nc1nc(NCc2cc(Cl)ccc2O)c2ncn(C3CCCCC3)c2n1. The van der Waals surface area contributed by atoms with Crippen molar-refractivity contribution in [2.45, 2.75) is 64.6 Å². The van der Waals surface area contributed by atoms with Crippen molar-refractivity contribution >= 4 is 34.5 Å². The highest BCUT2D eigenvalue weighted by molar-refractivity contribution is 6.30. The molecule has 4 N–H and O–H groups in total. The highest BCUT2D eigenvalue weighted by atomic mass is 35.5. The summed E-state index contributed by atoms with van der Waals surface area (Å²) in [6.07, 6.45) is 7.77. The highest BCUT2D eigenvalue weighted by Gasteiger charge is 2.22. The number of fused-ring (bicyclic) bond motifs is 1. The normalized spacial score (nSPS) is 15.9. The molecule has 0 bridgehead atoms. The van der Waals surface area contributed by atoms with Crippen molar-refractivity contribution in [2.75, 3.05) is 17.2 Å². The summed E-state index contributed by atoms with van der Waals surface area (Å²) < 4.78 is 2.16. The van der Waals surface area contributed by atoms with Crippen molar-refractivity contribution in [1.29, 1.82) is 0 Å². The van der Waals surface area contributed by atoms with E-state index in [4.69, 9.17) is 16.6 Å². The number of imidazole rings is 1. The lowest BCUT2D eigenvalue weighted by atomic mass is 9.95. The quantitative estimate of drug-likeness (QED) is 0.386. The van der Waals surface area contributed by atoms with E-state index in [1.54, 1.807) is 18.2 Å². The van der Waals surface area contributed by atoms with Crippen LogP contribution in [-0.4, -0.2) is 42.4 Å². The van der Waals surface area contributed by atoms with Crippen molar-refractivity contribution < 1.29 is 10.2 Å². The van der Waals surface area contributed by atoms with Gasteiger partial charge in [0.05, 0.1) is 19.0 Å². The molecule has 172 valence electrons. The Morgan fingerprint density at radius 2 is 1.97 bits per heavy atom. The number of benzene rings is 1. The molecule has 0 aliphatic heterocycles. The Bertz CT molecular complexity index is 1060. The molecular weight excluding hydrogens is 428 g/mol. The molecule has 0 saturated heterocycles. The average Bonchev–Trinajstić information content (AvgIpc) is 3.22. The minimum Gasteiger partial charge on any atom is -0.508 e. The van der Waals surface area contributed by atoms with E-state index in [-0.39, 0.29) is 24.3 Å². The van der Waals surface area contributed by atoms with Crippen LogP contribution >= 0.6 is 11.6 Å². The predicted octanol–water partition coefficient (Wildman–Crippen LogP) is 4.73. The van der Waals surface area contributed by atoms with Crippen LogP contribution in [0.5, 0.6) is 5.75 Å². The van der Waals surface area contributed by atoms with Crippen LogP contribution in [0.25, 0.3) is 11.2 Å². The van der Waals surface area contributed by atoms with Crippen LogP contribution in [0.4, 0.5) is 11.8 Å². The second-order valence-electron chi connectivity index (χ2n) is 8.82. The number of halogens is 1. The van der Waals surface area contributed by atoms with E-state index < -0.39 is 0 Å². The fourth-order valence-electron chi connectivity index (χ4n) is 4.19. The largest absolute Gasteiger partial charge is 0.508 e. The topological polar surface area (TPSA) is 108 Å². The third kappa shape index (κ3) is 4.91. The predicted molar refractivity (Wildman–Crippen MR) is 127 cm³/mol. The Morgan fingerprint density at radius 3 is 2.69 bits per heavy atom. The van der Waals surface area contributed by atoms with Crippen LogP contribution in [0.2, 0.25) is 5.02 Å². The Balaban J connectivity index is 1.70. The summed E-state index contributed by atoms with van der Waals surface area (Å²) in [5.41, 5.74) is 2.13. The van der Waals surface area contributed by atoms with E-state index >= 15 is 0 Å². The number of aliphatic hydroxyl groups is 1. The molecule has 3 aromatic rings. The number of aliphatic hydroxyl groups excluding tert-OH is 1. The molecule has 1 saturated carbocycles. The Labute approximate surface area is 193 Å². The first-order valence-electron chi connectivity index (χ1n) is 11.3. The molecule has 9 heteroatoms. The number of nitrogens with zero attached hydrogens (tertiary/aromatic N) is 4. The van der Waals surface area contributed by atoms with Gasteiger partial charge >= 0.3 is 0 Å². The maximum atomic E-state index is 10.2. The molecule has 2 aromatic heterocycles. The third-order valence-electron chi connectivity index (χ3n) is 6.19. The Morgan fingerprint density at radius 1 is 1.19 bits per heavy atom. The van der Waals surface area contributed by atoms with Gasteiger partial charge in [0.2, 0.25) is 5.95 Å². The van der Waals surface area contributed by atoms with Crippen LogP contribution in [0.15, 0.2) is 24.5 Å². The molecule has 1 aliphatic rings. The zero-order valence-electron chi connectivity index (χ0n) is 18.6. The fraction of sp³-hybridized carbons (Fsp3) is 0.522. The number of rotatable bonds is 8. The minimum atomic E-state index is -0.164. The minimum absolute atomic E-state index is 0.0138. The van der Waals surface area contributed by atoms with Crippen LogP contribution < -0.4 is 10.6 Å². The summed E-state index contributed by atoms with van der Waals surface area (Å²) in [6, 6.07) is 5.16. The standard InChI is InChI=1S/C23H31ClN6O2/c1-14(2)18(12-31)27-23-28-21(25-11-15-10-16(24)8-9-19(15)32)20-22(29-23)30(13-26-20)17-6-4-3-5-7-17/h8-10,13-14,17-18,31-32H,3-7,11-12H2,1-2H3,(H2,25,27,28,29). The maximum absolute atomic E-state index is 10.2. The molecule has 32 heavy (non-hydrogen) atoms. The molecule has 0 amide bonds. The zero-order chi connectivity index (χ0) is 22.7. The van der Waals surface area contributed by atoms with Gasteiger partial charge in [0, 0.05) is 23.2 Å². The average molecular weight is 459 g/mol. The summed E-state index contributed by atoms with van der Waals surface area (Å²) in [4.78, 5) is 14.1. The van der Waals surface area contributed by atoms with Crippen molar-refractivity contribution in [3.05, 3.63) is 35.1 Å². The van der Waals surface area contributed by atoms with Crippen molar-refractivity contribution in [2.24, 2.45) is 5.92 Å². The molecule has 1 aliphatic carbocycles. The molecule has 4 rings (SSSR count). The molecule has 2 heterocycles. The van der Waals surface area contributed by atoms with Crippen LogP contribution in [0.3, 0.4) is 0 Å². The first kappa shape index (κ1) is 22.6. The summed E-state index contributed by atoms with van der Waals surface area (Å²) in [6.45, 7) is 4.40. The maximum Gasteiger partial charge on any atom is 0.227 e. The lowest BCUT2D eigenvalue weighted by Crippen LogP contribution is -2.30. The van der Waals surface area contributed by atoms with Gasteiger partial charge in [-0.1, -0.05) is 44.7 Å². The van der Waals surface area contributed by atoms with E-state index in [1.165, 1.54) is 19.3 Å². The Kier molecular flexibility index (Phi) is 7.01. The van der Waals surface area contributed by atoms with Gasteiger partial charge in [-0.15, -0.1) is 0 Å². The number of aromatic hydroxyl groups is 1. The van der Waals surface area contributed by atoms with Gasteiger partial charge in [-0.2, -0.15) is 9.97 Å². The van der Waals surface area contributed by atoms with E-state index in [1.807, 2.05) is 20.2 Å². The van der Waals surface area contributed by atoms with Crippen LogP contribution in [-0.2, 0) is 6.54 Å². The van der Waals surface area contributed by atoms with Crippen molar-refractivity contribution in [3.8, 4) is 5.75 Å². The summed E-state index contributed by atoms with van der Waals surface area (Å²) in [5.74, 6) is 1.40. The second kappa shape index (κ2) is 9.92. The first-order valence-corrected chi connectivity index (χ1v) is 11.7. The number of phenolic OH excluding ortho intramolecular Hbond substituents is 1. The second-order valence-corrected chi connectivity index (χ2v) is 9.25. The number of anilines is 2. The monoisotopic (exact) mass is 458 g/mol.